The van der Waals surface area contributed by atoms with Gasteiger partial charge in [-0.05, 0) is 169 Å². The molecule has 0 bridgehead atoms. The van der Waals surface area contributed by atoms with Crippen LogP contribution in [0.15, 0.2) is 119 Å². The fourth-order valence-corrected chi connectivity index (χ4v) is 9.11. The van der Waals surface area contributed by atoms with Crippen LogP contribution in [0.25, 0.3) is 11.1 Å². The van der Waals surface area contributed by atoms with Crippen molar-refractivity contribution >= 4 is 75.8 Å². The standard InChI is InChI=1S/C45H43ClF3N5O4S2/c46-34-6-1-29(2-7-34)39-15-5-32(42(55)51-35-8-12-37(13-9-35)54-23-19-31(20-24-54)44(57)58)26-33(39)25-28-17-21-53(22-18-28)36-10-3-30(4-11-36)43(56)52-60-38-14-16-40(50)41(27-38)59-45(47,48)49/h1-16,26-28,31H,17-25,50H2,(H,51,55)(H,52,56)(H,57,58). The lowest BCUT2D eigenvalue weighted by molar-refractivity contribution is -0.142. The highest BCUT2D eigenvalue weighted by atomic mass is 35.5. The number of hydrogen-bond acceptors (Lipinski definition) is 8. The Bertz CT molecular complexity index is 2320. The molecule has 0 saturated carbocycles. The van der Waals surface area contributed by atoms with E-state index in [2.05, 4.69) is 19.8 Å². The maximum Gasteiger partial charge on any atom is 0.446 e. The molecule has 2 aliphatic heterocycles. The van der Waals surface area contributed by atoms with E-state index in [9.17, 15) is 32.7 Å². The Balaban J connectivity index is 0.959. The van der Waals surface area contributed by atoms with Crippen LogP contribution in [0.1, 0.15) is 52.0 Å². The van der Waals surface area contributed by atoms with Gasteiger partial charge in [0, 0.05) is 74.9 Å². The number of aliphatic carboxylic acids is 1. The Morgan fingerprint density at radius 1 is 0.750 bits per heavy atom. The molecule has 60 heavy (non-hydrogen) atoms. The van der Waals surface area contributed by atoms with E-state index in [0.29, 0.717) is 58.6 Å². The van der Waals surface area contributed by atoms with E-state index in [1.807, 2.05) is 78.9 Å². The summed E-state index contributed by atoms with van der Waals surface area (Å²) in [6.07, 6.45) is 3.84. The van der Waals surface area contributed by atoms with Crippen LogP contribution in [0.3, 0.4) is 0 Å². The number of carboxylic acids is 1. The van der Waals surface area contributed by atoms with Gasteiger partial charge in [0.25, 0.3) is 11.8 Å². The van der Waals surface area contributed by atoms with Crippen LogP contribution in [0.2, 0.25) is 5.02 Å². The number of carboxylic acid groups (broad SMARTS) is 1. The minimum absolute atomic E-state index is 0.0126. The second-order valence-corrected chi connectivity index (χ2v) is 17.4. The van der Waals surface area contributed by atoms with Crippen molar-refractivity contribution in [2.45, 2.75) is 47.4 Å². The van der Waals surface area contributed by atoms with Gasteiger partial charge in [-0.2, -0.15) is 13.2 Å². The number of piperidine rings is 2. The second kappa shape index (κ2) is 18.9. The molecule has 5 N–H and O–H groups in total. The molecule has 2 saturated heterocycles. The van der Waals surface area contributed by atoms with Gasteiger partial charge in [-0.3, -0.25) is 19.1 Å². The number of carbonyl (C=O) groups excluding carboxylic acids is 2. The normalized spacial score (nSPS) is 15.1. The zero-order valence-electron chi connectivity index (χ0n) is 32.4. The monoisotopic (exact) mass is 873 g/mol. The first kappa shape index (κ1) is 42.8. The Labute approximate surface area is 360 Å². The highest BCUT2D eigenvalue weighted by molar-refractivity contribution is 8.00. The highest BCUT2D eigenvalue weighted by Gasteiger charge is 2.30. The van der Waals surface area contributed by atoms with Crippen LogP contribution < -0.4 is 25.6 Å². The van der Waals surface area contributed by atoms with E-state index in [0.717, 1.165) is 72.4 Å². The van der Waals surface area contributed by atoms with Gasteiger partial charge < -0.3 is 26.0 Å². The molecule has 7 rings (SSSR count). The van der Waals surface area contributed by atoms with Gasteiger partial charge in [0.2, 0.25) is 0 Å². The highest BCUT2D eigenvalue weighted by Crippen LogP contribution is 2.41. The first-order valence-corrected chi connectivity index (χ1v) is 21.5. The van der Waals surface area contributed by atoms with E-state index >= 15 is 0 Å². The minimum atomic E-state index is -4.48. The van der Waals surface area contributed by atoms with Crippen molar-refractivity contribution in [2.75, 3.05) is 47.0 Å². The number of benzene rings is 5. The SMILES string of the molecule is Nc1ccc(SNC(=O)c2ccc(N3CCC(Cc4cc(C(=O)Nc5ccc(N6CCC(C(=O)O)CC6)cc5)ccc4-c4ccc(Cl)cc4)CC3)cc2)cc1SC(F)(F)F. The molecular weight excluding hydrogens is 831 g/mol. The first-order valence-electron chi connectivity index (χ1n) is 19.5. The molecule has 0 spiro atoms. The molecule has 2 aliphatic rings. The van der Waals surface area contributed by atoms with Gasteiger partial charge in [0.05, 0.1) is 5.92 Å². The predicted octanol–water partition coefficient (Wildman–Crippen LogP) is 10.7. The number of halogens is 4. The molecule has 312 valence electrons. The Morgan fingerprint density at radius 3 is 1.97 bits per heavy atom. The van der Waals surface area contributed by atoms with Crippen molar-refractivity contribution in [3.8, 4) is 11.1 Å². The quantitative estimate of drug-likeness (QED) is 0.0550. The topological polar surface area (TPSA) is 128 Å². The molecule has 9 nitrogen and oxygen atoms in total. The molecule has 0 aromatic heterocycles. The summed E-state index contributed by atoms with van der Waals surface area (Å²) in [7, 11) is 0. The molecule has 2 fully saturated rings. The lowest BCUT2D eigenvalue weighted by Crippen LogP contribution is -2.36. The van der Waals surface area contributed by atoms with Crippen LogP contribution in [-0.2, 0) is 11.2 Å². The number of anilines is 4. The maximum atomic E-state index is 13.6. The summed E-state index contributed by atoms with van der Waals surface area (Å²) < 4.78 is 41.4. The Morgan fingerprint density at radius 2 is 1.35 bits per heavy atom. The van der Waals surface area contributed by atoms with Gasteiger partial charge in [-0.1, -0.05) is 29.8 Å². The van der Waals surface area contributed by atoms with Gasteiger partial charge in [-0.25, -0.2) is 0 Å². The molecule has 5 aromatic rings. The fourth-order valence-electron chi connectivity index (χ4n) is 7.64. The Kier molecular flexibility index (Phi) is 13.5. The van der Waals surface area contributed by atoms with Crippen molar-refractivity contribution < 1.29 is 32.7 Å². The largest absolute Gasteiger partial charge is 0.481 e. The van der Waals surface area contributed by atoms with Gasteiger partial charge >= 0.3 is 11.5 Å². The molecule has 0 aliphatic carbocycles. The number of amides is 2. The zero-order chi connectivity index (χ0) is 42.4. The van der Waals surface area contributed by atoms with E-state index in [1.54, 1.807) is 18.2 Å². The third-order valence-corrected chi connectivity index (χ3v) is 12.8. The van der Waals surface area contributed by atoms with E-state index in [-0.39, 0.29) is 40.1 Å². The molecule has 5 aromatic carbocycles. The number of nitrogen functional groups attached to an aromatic ring is 1. The Hall–Kier alpha value is -5.31. The fraction of sp³-hybridized carbons (Fsp3) is 0.267. The van der Waals surface area contributed by atoms with Gasteiger partial charge in [0.15, 0.2) is 0 Å². The number of rotatable bonds is 12. The summed E-state index contributed by atoms with van der Waals surface area (Å²) in [6, 6.07) is 32.7. The van der Waals surface area contributed by atoms with Crippen molar-refractivity contribution in [2.24, 2.45) is 11.8 Å². The smallest absolute Gasteiger partial charge is 0.446 e. The first-order chi connectivity index (χ1) is 28.8. The maximum absolute atomic E-state index is 13.6. The predicted molar refractivity (Wildman–Crippen MR) is 235 cm³/mol. The number of nitrogens with one attached hydrogen (secondary N) is 2. The molecule has 2 amide bonds. The van der Waals surface area contributed by atoms with Crippen LogP contribution >= 0.6 is 35.3 Å². The lowest BCUT2D eigenvalue weighted by Gasteiger charge is -2.34. The van der Waals surface area contributed by atoms with Crippen LogP contribution in [0.4, 0.5) is 35.9 Å². The third kappa shape index (κ3) is 11.1. The summed E-state index contributed by atoms with van der Waals surface area (Å²) in [6.45, 7) is 2.97. The van der Waals surface area contributed by atoms with Crippen molar-refractivity contribution in [3.05, 3.63) is 131 Å². The average Bonchev–Trinajstić information content (AvgIpc) is 3.24. The number of carbonyl (C=O) groups is 3. The van der Waals surface area contributed by atoms with Gasteiger partial charge in [0.1, 0.15) is 0 Å². The summed E-state index contributed by atoms with van der Waals surface area (Å²) in [4.78, 5) is 42.6. The van der Waals surface area contributed by atoms with Crippen LogP contribution in [0, 0.1) is 11.8 Å². The summed E-state index contributed by atoms with van der Waals surface area (Å²) >= 11 is 6.86. The summed E-state index contributed by atoms with van der Waals surface area (Å²) in [5.74, 6) is -1.26. The van der Waals surface area contributed by atoms with Gasteiger partial charge in [-0.15, -0.1) is 0 Å². The third-order valence-electron chi connectivity index (χ3n) is 10.9. The number of thioether (sulfide) groups is 1. The number of nitrogens with two attached hydrogens (primary N) is 1. The molecule has 2 heterocycles. The summed E-state index contributed by atoms with van der Waals surface area (Å²) in [5.41, 5.74) is 8.02. The van der Waals surface area contributed by atoms with Crippen molar-refractivity contribution in [1.82, 2.24) is 4.72 Å². The number of hydrogen-bond donors (Lipinski definition) is 4. The molecule has 0 atom stereocenters. The lowest BCUT2D eigenvalue weighted by atomic mass is 9.86. The van der Waals surface area contributed by atoms with E-state index in [4.69, 9.17) is 17.3 Å². The number of nitrogens with zero attached hydrogens (tertiary/aromatic N) is 2. The van der Waals surface area contributed by atoms with E-state index < -0.39 is 11.5 Å². The van der Waals surface area contributed by atoms with E-state index in [1.165, 1.54) is 12.1 Å². The van der Waals surface area contributed by atoms with Crippen LogP contribution in [-0.4, -0.2) is 54.6 Å². The second-order valence-electron chi connectivity index (χ2n) is 14.9. The molecule has 15 heteroatoms. The van der Waals surface area contributed by atoms with Crippen molar-refractivity contribution in [3.63, 3.8) is 0 Å². The average molecular weight is 874 g/mol. The van der Waals surface area contributed by atoms with Crippen LogP contribution in [0.5, 0.6) is 0 Å². The molecular formula is C45H43ClF3N5O4S2. The minimum Gasteiger partial charge on any atom is -0.481 e. The zero-order valence-corrected chi connectivity index (χ0v) is 34.8. The molecule has 0 unspecified atom stereocenters. The summed E-state index contributed by atoms with van der Waals surface area (Å²) in [5, 5.41) is 13.0. The van der Waals surface area contributed by atoms with Crippen molar-refractivity contribution in [1.29, 1.82) is 0 Å². The molecule has 0 radical (unpaired) electrons. The number of alkyl halides is 3.